The summed E-state index contributed by atoms with van der Waals surface area (Å²) >= 11 is 0. The van der Waals surface area contributed by atoms with Crippen molar-refractivity contribution in [3.05, 3.63) is 46.6 Å². The number of halogens is 2. The number of fused-ring (bicyclic) bond motifs is 1. The molecule has 3 rings (SSSR count). The van der Waals surface area contributed by atoms with E-state index < -0.39 is 61.7 Å². The molecule has 1 N–H and O–H groups in total. The van der Waals surface area contributed by atoms with E-state index in [0.29, 0.717) is 11.1 Å². The first-order valence-electron chi connectivity index (χ1n) is 13.8. The van der Waals surface area contributed by atoms with Gasteiger partial charge in [-0.15, -0.1) is 0 Å². The maximum absolute atomic E-state index is 15.9. The van der Waals surface area contributed by atoms with Crippen LogP contribution in [0.1, 0.15) is 86.5 Å². The van der Waals surface area contributed by atoms with Crippen molar-refractivity contribution in [1.82, 2.24) is 15.1 Å². The minimum absolute atomic E-state index is 0.0583. The van der Waals surface area contributed by atoms with Crippen LogP contribution in [0.15, 0.2) is 24.3 Å². The highest BCUT2D eigenvalue weighted by Gasteiger charge is 2.48. The lowest BCUT2D eigenvalue weighted by atomic mass is 10.0. The molecule has 0 fully saturated rings. The topological polar surface area (TPSA) is 112 Å². The number of benzene rings is 1. The highest BCUT2D eigenvalue weighted by molar-refractivity contribution is 6.74. The van der Waals surface area contributed by atoms with Gasteiger partial charge in [0.05, 0.1) is 31.8 Å². The monoisotopic (exact) mass is 608 g/mol. The maximum Gasteiger partial charge on any atom is 0.416 e. The zero-order chi connectivity index (χ0) is 31.8. The Labute approximate surface area is 246 Å². The van der Waals surface area contributed by atoms with E-state index in [1.807, 2.05) is 33.9 Å². The zero-order valence-electron chi connectivity index (χ0n) is 26.1. The van der Waals surface area contributed by atoms with E-state index in [9.17, 15) is 14.4 Å². The molecule has 13 heteroatoms. The fourth-order valence-corrected chi connectivity index (χ4v) is 5.05. The van der Waals surface area contributed by atoms with Crippen LogP contribution in [0.5, 0.6) is 0 Å². The Bertz CT molecular complexity index is 1330. The number of nitrogens with one attached hydrogen (secondary N) is 1. The summed E-state index contributed by atoms with van der Waals surface area (Å²) in [6.45, 7) is 15.6. The molecule has 42 heavy (non-hydrogen) atoms. The van der Waals surface area contributed by atoms with Crippen molar-refractivity contribution in [2.75, 3.05) is 25.2 Å². The molecule has 2 amide bonds. The number of methoxy groups -OCH3 is 1. The first-order chi connectivity index (χ1) is 19.2. The number of ether oxygens (including phenoxy) is 2. The average Bonchev–Trinajstić information content (AvgIpc) is 3.45. The zero-order valence-corrected chi connectivity index (χ0v) is 27.1. The summed E-state index contributed by atoms with van der Waals surface area (Å²) in [5.41, 5.74) is -1.08. The third-order valence-corrected chi connectivity index (χ3v) is 12.0. The Morgan fingerprint density at radius 3 is 2.17 bits per heavy atom. The maximum atomic E-state index is 15.9. The molecule has 0 saturated heterocycles. The summed E-state index contributed by atoms with van der Waals surface area (Å²) in [6, 6.07) is 5.72. The van der Waals surface area contributed by atoms with Crippen LogP contribution >= 0.6 is 0 Å². The molecule has 0 aliphatic carbocycles. The minimum atomic E-state index is -3.63. The first kappa shape index (κ1) is 33.2. The smallest absolute Gasteiger partial charge is 0.416 e. The van der Waals surface area contributed by atoms with E-state index in [1.165, 1.54) is 11.8 Å². The quantitative estimate of drug-likeness (QED) is 0.288. The molecule has 1 unspecified atom stereocenters. The lowest BCUT2D eigenvalue weighted by Crippen LogP contribution is -2.44. The molecule has 2 aromatic rings. The molecular weight excluding hydrogens is 566 g/mol. The molecule has 0 bridgehead atoms. The molecule has 1 aromatic heterocycles. The second-order valence-corrected chi connectivity index (χ2v) is 17.8. The van der Waals surface area contributed by atoms with Crippen molar-refractivity contribution in [3.63, 3.8) is 0 Å². The fourth-order valence-electron chi connectivity index (χ4n) is 4.08. The van der Waals surface area contributed by atoms with Gasteiger partial charge in [-0.2, -0.15) is 13.9 Å². The van der Waals surface area contributed by atoms with Crippen molar-refractivity contribution in [2.45, 2.75) is 90.7 Å². The number of nitrogens with zero attached hydrogens (tertiary/aromatic N) is 3. The predicted octanol–water partition coefficient (Wildman–Crippen LogP) is 6.03. The van der Waals surface area contributed by atoms with Gasteiger partial charge in [0.15, 0.2) is 8.32 Å². The van der Waals surface area contributed by atoms with E-state index >= 15 is 8.78 Å². The molecule has 2 heterocycles. The lowest BCUT2D eigenvalue weighted by molar-refractivity contribution is -0.0554. The van der Waals surface area contributed by atoms with Crippen molar-refractivity contribution in [1.29, 1.82) is 0 Å². The lowest BCUT2D eigenvalue weighted by Gasteiger charge is -2.37. The van der Waals surface area contributed by atoms with Gasteiger partial charge in [0, 0.05) is 0 Å². The Morgan fingerprint density at radius 1 is 1.05 bits per heavy atom. The van der Waals surface area contributed by atoms with Gasteiger partial charge in [-0.1, -0.05) is 32.9 Å². The minimum Gasteiger partial charge on any atom is -0.465 e. The number of esters is 1. The van der Waals surface area contributed by atoms with Gasteiger partial charge in [0.1, 0.15) is 29.3 Å². The highest BCUT2D eigenvalue weighted by Crippen LogP contribution is 2.41. The van der Waals surface area contributed by atoms with E-state index in [0.717, 1.165) is 4.90 Å². The molecule has 232 valence electrons. The number of aromatic nitrogens is 2. The number of alkyl halides is 2. The Balaban J connectivity index is 2.01. The summed E-state index contributed by atoms with van der Waals surface area (Å²) in [5, 5.41) is 6.58. The summed E-state index contributed by atoms with van der Waals surface area (Å²) in [7, 11) is -1.30. The van der Waals surface area contributed by atoms with E-state index in [-0.39, 0.29) is 23.9 Å². The van der Waals surface area contributed by atoms with Crippen LogP contribution in [-0.4, -0.2) is 61.9 Å². The van der Waals surface area contributed by atoms with E-state index in [2.05, 4.69) is 10.4 Å². The fraction of sp³-hybridized carbons (Fsp3) is 0.586. The second-order valence-electron chi connectivity index (χ2n) is 13.0. The number of hydrogen-bond acceptors (Lipinski definition) is 7. The van der Waals surface area contributed by atoms with Gasteiger partial charge in [-0.05, 0) is 63.5 Å². The van der Waals surface area contributed by atoms with Crippen LogP contribution in [0.3, 0.4) is 0 Å². The molecule has 0 radical (unpaired) electrons. The van der Waals surface area contributed by atoms with Crippen LogP contribution in [-0.2, 0) is 26.4 Å². The predicted molar refractivity (Wildman–Crippen MR) is 157 cm³/mol. The van der Waals surface area contributed by atoms with Crippen LogP contribution in [0.25, 0.3) is 0 Å². The standard InChI is InChI=1S/C29H42F2N4O6Si/c1-18(19-11-13-20(14-12-19)25(37)39-8)32-23(36)21-22(29(30,31)17-40-42(9,10)28(5,6)7)33-35-16-15-34(24(21)35)26(38)41-27(2,3)4/h11-14,18H,15-17H2,1-10H3,(H,32,36). The largest absolute Gasteiger partial charge is 0.465 e. The number of rotatable bonds is 8. The van der Waals surface area contributed by atoms with Crippen molar-refractivity contribution >= 4 is 32.1 Å². The molecule has 1 aromatic carbocycles. The molecular formula is C29H42F2N4O6Si. The van der Waals surface area contributed by atoms with Crippen LogP contribution in [0.2, 0.25) is 18.1 Å². The van der Waals surface area contributed by atoms with Crippen molar-refractivity contribution < 1.29 is 37.1 Å². The number of anilines is 1. The van der Waals surface area contributed by atoms with Crippen molar-refractivity contribution in [2.24, 2.45) is 0 Å². The number of amides is 2. The summed E-state index contributed by atoms with van der Waals surface area (Å²) in [4.78, 5) is 39.8. The molecule has 10 nitrogen and oxygen atoms in total. The molecule has 1 aliphatic heterocycles. The number of carbonyl (C=O) groups excluding carboxylic acids is 3. The Hall–Kier alpha value is -3.32. The van der Waals surface area contributed by atoms with E-state index in [4.69, 9.17) is 13.9 Å². The van der Waals surface area contributed by atoms with Gasteiger partial charge in [0.25, 0.3) is 5.91 Å². The molecule has 1 aliphatic rings. The van der Waals surface area contributed by atoms with Gasteiger partial charge in [0.2, 0.25) is 0 Å². The number of carbonyl (C=O) groups is 3. The Morgan fingerprint density at radius 2 is 1.64 bits per heavy atom. The van der Waals surface area contributed by atoms with Crippen molar-refractivity contribution in [3.8, 4) is 0 Å². The summed E-state index contributed by atoms with van der Waals surface area (Å²) < 4.78 is 49.2. The first-order valence-corrected chi connectivity index (χ1v) is 16.7. The second kappa shape index (κ2) is 11.7. The summed E-state index contributed by atoms with van der Waals surface area (Å²) in [5.74, 6) is -5.04. The van der Waals surface area contributed by atoms with E-state index in [1.54, 1.807) is 52.0 Å². The number of hydrogen-bond donors (Lipinski definition) is 1. The van der Waals surface area contributed by atoms with Crippen LogP contribution < -0.4 is 10.2 Å². The normalized spacial score (nSPS) is 14.8. The van der Waals surface area contributed by atoms with Crippen LogP contribution in [0, 0.1) is 0 Å². The van der Waals surface area contributed by atoms with Gasteiger partial charge in [-0.3, -0.25) is 9.69 Å². The third kappa shape index (κ3) is 7.17. The van der Waals surface area contributed by atoms with Gasteiger partial charge < -0.3 is 19.2 Å². The van der Waals surface area contributed by atoms with Gasteiger partial charge in [-0.25, -0.2) is 14.3 Å². The SMILES string of the molecule is COC(=O)c1ccc(C(C)NC(=O)c2c(C(F)(F)CO[Si](C)(C)C(C)(C)C)nn3c2N(C(=O)OC(C)(C)C)CC3)cc1. The summed E-state index contributed by atoms with van der Waals surface area (Å²) in [6.07, 6.45) is -0.769. The van der Waals surface area contributed by atoms with Crippen LogP contribution in [0.4, 0.5) is 19.4 Å². The highest BCUT2D eigenvalue weighted by atomic mass is 28.4. The molecule has 0 spiro atoms. The third-order valence-electron chi connectivity index (χ3n) is 7.50. The molecule has 0 saturated carbocycles. The average molecular weight is 609 g/mol. The molecule has 1 atom stereocenters. The van der Waals surface area contributed by atoms with Gasteiger partial charge >= 0.3 is 18.0 Å². The Kier molecular flexibility index (Phi) is 9.28.